The lowest BCUT2D eigenvalue weighted by atomic mass is 10.1. The second kappa shape index (κ2) is 10.8. The third kappa shape index (κ3) is 5.36. The number of thiazole rings is 1. The fourth-order valence-electron chi connectivity index (χ4n) is 3.57. The van der Waals surface area contributed by atoms with Crippen molar-refractivity contribution in [3.8, 4) is 11.8 Å². The Morgan fingerprint density at radius 3 is 2.31 bits per heavy atom. The average molecular weight is 518 g/mol. The van der Waals surface area contributed by atoms with Gasteiger partial charge in [-0.25, -0.2) is 18.2 Å². The molecule has 4 rings (SSSR count). The fraction of sp³-hybridized carbons (Fsp3) is 0.148. The maximum absolute atomic E-state index is 12.6. The maximum atomic E-state index is 12.6. The molecule has 1 aromatic heterocycles. The van der Waals surface area contributed by atoms with Crippen molar-refractivity contribution in [1.29, 1.82) is 5.26 Å². The first-order valence-corrected chi connectivity index (χ1v) is 13.5. The van der Waals surface area contributed by atoms with Gasteiger partial charge in [-0.05, 0) is 60.2 Å². The van der Waals surface area contributed by atoms with Gasteiger partial charge in [0, 0.05) is 13.1 Å². The molecule has 0 amide bonds. The van der Waals surface area contributed by atoms with E-state index in [1.54, 1.807) is 44.2 Å². The van der Waals surface area contributed by atoms with Gasteiger partial charge >= 0.3 is 5.97 Å². The van der Waals surface area contributed by atoms with Crippen LogP contribution in [0.2, 0.25) is 0 Å². The molecule has 0 aliphatic rings. The van der Waals surface area contributed by atoms with Crippen molar-refractivity contribution in [3.63, 3.8) is 0 Å². The summed E-state index contributed by atoms with van der Waals surface area (Å²) < 4.78 is 33.0. The Morgan fingerprint density at radius 1 is 1.03 bits per heavy atom. The van der Waals surface area contributed by atoms with Gasteiger partial charge < -0.3 is 4.74 Å². The Hall–Kier alpha value is -3.84. The van der Waals surface area contributed by atoms with Gasteiger partial charge in [0.15, 0.2) is 0 Å². The monoisotopic (exact) mass is 517 g/mol. The van der Waals surface area contributed by atoms with E-state index in [0.29, 0.717) is 29.4 Å². The maximum Gasteiger partial charge on any atom is 0.343 e. The first-order valence-electron chi connectivity index (χ1n) is 11.3. The first-order chi connectivity index (χ1) is 17.3. The number of sulfonamides is 1. The van der Waals surface area contributed by atoms with E-state index in [1.807, 2.05) is 24.3 Å². The number of esters is 1. The lowest BCUT2D eigenvalue weighted by Gasteiger charge is -2.18. The minimum absolute atomic E-state index is 0.125. The minimum atomic E-state index is -3.60. The molecule has 3 aromatic carbocycles. The second-order valence-corrected chi connectivity index (χ2v) is 10.7. The van der Waals surface area contributed by atoms with Crippen LogP contribution in [0.1, 0.15) is 34.8 Å². The standard InChI is InChI=1S/C27H23N3O4S2/c1-3-30(4-2)36(32,33)23-15-11-20(12-16-23)27(31)34-22-13-9-19(10-14-22)17-21(18-28)26-29-24-7-5-6-8-25(24)35-26/h5-17H,3-4H2,1-2H3/b21-17+. The van der Waals surface area contributed by atoms with E-state index in [0.717, 1.165) is 15.8 Å². The Morgan fingerprint density at radius 2 is 1.69 bits per heavy atom. The Labute approximate surface area is 214 Å². The topological polar surface area (TPSA) is 100 Å². The van der Waals surface area contributed by atoms with Crippen LogP contribution in [0.4, 0.5) is 0 Å². The number of hydrogen-bond acceptors (Lipinski definition) is 7. The molecule has 0 spiro atoms. The number of carbonyl (C=O) groups is 1. The summed E-state index contributed by atoms with van der Waals surface area (Å²) >= 11 is 1.45. The van der Waals surface area contributed by atoms with Gasteiger partial charge in [0.2, 0.25) is 10.0 Å². The van der Waals surface area contributed by atoms with Crippen LogP contribution < -0.4 is 4.74 Å². The summed E-state index contributed by atoms with van der Waals surface area (Å²) in [5.41, 5.74) is 2.29. The number of nitriles is 1. The highest BCUT2D eigenvalue weighted by Crippen LogP contribution is 2.28. The smallest absolute Gasteiger partial charge is 0.343 e. The highest BCUT2D eigenvalue weighted by molar-refractivity contribution is 7.89. The molecule has 0 radical (unpaired) electrons. The molecule has 0 atom stereocenters. The molecule has 0 N–H and O–H groups in total. The predicted octanol–water partition coefficient (Wildman–Crippen LogP) is 5.61. The van der Waals surface area contributed by atoms with Crippen LogP contribution in [-0.2, 0) is 10.0 Å². The molecule has 0 aliphatic heterocycles. The summed E-state index contributed by atoms with van der Waals surface area (Å²) in [6, 6.07) is 22.4. The molecule has 0 unspecified atom stereocenters. The number of allylic oxidation sites excluding steroid dienone is 1. The summed E-state index contributed by atoms with van der Waals surface area (Å²) in [7, 11) is -3.60. The molecular formula is C27H23N3O4S2. The predicted molar refractivity (Wildman–Crippen MR) is 141 cm³/mol. The number of para-hydroxylation sites is 1. The third-order valence-corrected chi connectivity index (χ3v) is 8.61. The molecule has 0 saturated carbocycles. The Kier molecular flexibility index (Phi) is 7.60. The zero-order chi connectivity index (χ0) is 25.7. The number of rotatable bonds is 8. The zero-order valence-corrected chi connectivity index (χ0v) is 21.3. The van der Waals surface area contributed by atoms with Crippen molar-refractivity contribution in [2.45, 2.75) is 18.7 Å². The Balaban J connectivity index is 1.46. The van der Waals surface area contributed by atoms with Gasteiger partial charge in [-0.3, -0.25) is 0 Å². The first kappa shape index (κ1) is 25.3. The van der Waals surface area contributed by atoms with E-state index in [4.69, 9.17) is 4.74 Å². The normalized spacial score (nSPS) is 12.0. The minimum Gasteiger partial charge on any atom is -0.423 e. The van der Waals surface area contributed by atoms with Gasteiger partial charge in [0.05, 0.1) is 26.2 Å². The van der Waals surface area contributed by atoms with Crippen LogP contribution in [0.25, 0.3) is 21.9 Å². The fourth-order valence-corrected chi connectivity index (χ4v) is 5.96. The van der Waals surface area contributed by atoms with Gasteiger partial charge in [-0.1, -0.05) is 38.1 Å². The van der Waals surface area contributed by atoms with Crippen LogP contribution >= 0.6 is 11.3 Å². The van der Waals surface area contributed by atoms with Gasteiger partial charge in [0.25, 0.3) is 0 Å². The van der Waals surface area contributed by atoms with Crippen molar-refractivity contribution >= 4 is 49.2 Å². The van der Waals surface area contributed by atoms with Gasteiger partial charge in [-0.2, -0.15) is 9.57 Å². The molecular weight excluding hydrogens is 494 g/mol. The molecule has 1 heterocycles. The van der Waals surface area contributed by atoms with Crippen molar-refractivity contribution < 1.29 is 17.9 Å². The van der Waals surface area contributed by atoms with Crippen LogP contribution in [0, 0.1) is 11.3 Å². The number of nitrogens with zero attached hydrogens (tertiary/aromatic N) is 3. The third-order valence-electron chi connectivity index (χ3n) is 5.48. The quantitative estimate of drug-likeness (QED) is 0.171. The number of ether oxygens (including phenoxy) is 1. The molecule has 9 heteroatoms. The summed E-state index contributed by atoms with van der Waals surface area (Å²) in [4.78, 5) is 17.2. The van der Waals surface area contributed by atoms with Crippen LogP contribution in [0.5, 0.6) is 5.75 Å². The number of benzene rings is 3. The summed E-state index contributed by atoms with van der Waals surface area (Å²) in [5.74, 6) is -0.271. The Bertz CT molecular complexity index is 1530. The highest BCUT2D eigenvalue weighted by Gasteiger charge is 2.22. The van der Waals surface area contributed by atoms with E-state index in [2.05, 4.69) is 11.1 Å². The lowest BCUT2D eigenvalue weighted by Crippen LogP contribution is -2.30. The largest absolute Gasteiger partial charge is 0.423 e. The number of fused-ring (bicyclic) bond motifs is 1. The highest BCUT2D eigenvalue weighted by atomic mass is 32.2. The summed E-state index contributed by atoms with van der Waals surface area (Å²) in [6.07, 6.45) is 1.73. The molecule has 0 bridgehead atoms. The summed E-state index contributed by atoms with van der Waals surface area (Å²) in [5, 5.41) is 10.3. The van der Waals surface area contributed by atoms with Crippen molar-refractivity contribution in [1.82, 2.24) is 9.29 Å². The molecule has 0 saturated heterocycles. The number of aromatic nitrogens is 1. The number of hydrogen-bond donors (Lipinski definition) is 0. The molecule has 7 nitrogen and oxygen atoms in total. The van der Waals surface area contributed by atoms with E-state index in [9.17, 15) is 18.5 Å². The lowest BCUT2D eigenvalue weighted by molar-refractivity contribution is 0.0734. The SMILES string of the molecule is CCN(CC)S(=O)(=O)c1ccc(C(=O)Oc2ccc(/C=C(\C#N)c3nc4ccccc4s3)cc2)cc1. The van der Waals surface area contributed by atoms with Crippen molar-refractivity contribution in [2.75, 3.05) is 13.1 Å². The zero-order valence-electron chi connectivity index (χ0n) is 19.7. The van der Waals surface area contributed by atoms with E-state index >= 15 is 0 Å². The van der Waals surface area contributed by atoms with E-state index < -0.39 is 16.0 Å². The average Bonchev–Trinajstić information content (AvgIpc) is 3.33. The van der Waals surface area contributed by atoms with Crippen LogP contribution in [0.3, 0.4) is 0 Å². The van der Waals surface area contributed by atoms with Gasteiger partial charge in [0.1, 0.15) is 16.8 Å². The van der Waals surface area contributed by atoms with Gasteiger partial charge in [-0.15, -0.1) is 11.3 Å². The van der Waals surface area contributed by atoms with E-state index in [1.165, 1.54) is 39.9 Å². The van der Waals surface area contributed by atoms with Crippen LogP contribution in [-0.4, -0.2) is 36.8 Å². The van der Waals surface area contributed by atoms with Crippen molar-refractivity contribution in [2.24, 2.45) is 0 Å². The molecule has 0 aliphatic carbocycles. The van der Waals surface area contributed by atoms with Crippen LogP contribution in [0.15, 0.2) is 77.7 Å². The molecule has 36 heavy (non-hydrogen) atoms. The molecule has 0 fully saturated rings. The van der Waals surface area contributed by atoms with E-state index in [-0.39, 0.29) is 10.5 Å². The molecule has 182 valence electrons. The van der Waals surface area contributed by atoms with Crippen molar-refractivity contribution in [3.05, 3.63) is 88.9 Å². The summed E-state index contributed by atoms with van der Waals surface area (Å²) in [6.45, 7) is 4.28. The second-order valence-electron chi connectivity index (χ2n) is 7.73. The molecule has 4 aromatic rings. The number of carbonyl (C=O) groups excluding carboxylic acids is 1.